The molecule has 0 unspecified atom stereocenters. The van der Waals surface area contributed by atoms with Crippen molar-refractivity contribution in [2.24, 2.45) is 5.92 Å². The Morgan fingerprint density at radius 3 is 2.48 bits per heavy atom. The molecule has 0 aliphatic carbocycles. The van der Waals surface area contributed by atoms with Gasteiger partial charge in [-0.15, -0.1) is 10.2 Å². The number of thioether (sulfide) groups is 1. The minimum Gasteiger partial charge on any atom is -0.495 e. The highest BCUT2D eigenvalue weighted by Crippen LogP contribution is 2.33. The Balaban J connectivity index is 1.61. The van der Waals surface area contributed by atoms with Crippen LogP contribution in [0, 0.1) is 5.92 Å². The van der Waals surface area contributed by atoms with Gasteiger partial charge in [0.15, 0.2) is 11.0 Å². The summed E-state index contributed by atoms with van der Waals surface area (Å²) >= 11 is 13.6. The lowest BCUT2D eigenvalue weighted by molar-refractivity contribution is -0.113. The zero-order valence-corrected chi connectivity index (χ0v) is 28.0. The van der Waals surface area contributed by atoms with Gasteiger partial charge in [0.05, 0.1) is 34.2 Å². The molecule has 0 fully saturated rings. The van der Waals surface area contributed by atoms with E-state index in [1.54, 1.807) is 60.7 Å². The van der Waals surface area contributed by atoms with E-state index in [4.69, 9.17) is 27.9 Å². The van der Waals surface area contributed by atoms with Crippen LogP contribution in [0.1, 0.15) is 46.1 Å². The summed E-state index contributed by atoms with van der Waals surface area (Å²) in [6.45, 7) is 6.45. The summed E-state index contributed by atoms with van der Waals surface area (Å²) in [5, 5.41) is 13.0. The molecular weight excluding hydrogens is 641 g/mol. The molecule has 0 saturated heterocycles. The van der Waals surface area contributed by atoms with Crippen molar-refractivity contribution < 1.29 is 17.9 Å². The number of ether oxygens (including phenoxy) is 1. The summed E-state index contributed by atoms with van der Waals surface area (Å²) in [5.74, 6) is 1.36. The van der Waals surface area contributed by atoms with E-state index in [-0.39, 0.29) is 28.3 Å². The number of hydrogen-bond donors (Lipinski definition) is 2. The number of hydrogen-bond acceptors (Lipinski definition) is 7. The number of carbonyl (C=O) groups is 1. The quantitative estimate of drug-likeness (QED) is 0.130. The highest BCUT2D eigenvalue weighted by Gasteiger charge is 2.23. The van der Waals surface area contributed by atoms with Crippen LogP contribution in [0.5, 0.6) is 5.75 Å². The lowest BCUT2D eigenvalue weighted by Gasteiger charge is -2.19. The van der Waals surface area contributed by atoms with E-state index in [1.165, 1.54) is 24.9 Å². The molecule has 9 nitrogen and oxygen atoms in total. The number of rotatable bonds is 14. The van der Waals surface area contributed by atoms with Gasteiger partial charge >= 0.3 is 0 Å². The van der Waals surface area contributed by atoms with E-state index >= 15 is 0 Å². The second-order valence-electron chi connectivity index (χ2n) is 10.6. The van der Waals surface area contributed by atoms with Crippen molar-refractivity contribution in [3.8, 4) is 17.1 Å². The van der Waals surface area contributed by atoms with Gasteiger partial charge in [0.2, 0.25) is 5.91 Å². The van der Waals surface area contributed by atoms with Crippen LogP contribution in [-0.4, -0.2) is 42.0 Å². The maximum absolute atomic E-state index is 13.3. The number of amides is 1. The molecule has 0 saturated carbocycles. The number of halogens is 2. The molecule has 4 aromatic rings. The van der Waals surface area contributed by atoms with E-state index in [9.17, 15) is 13.2 Å². The maximum atomic E-state index is 13.3. The summed E-state index contributed by atoms with van der Waals surface area (Å²) in [6.07, 6.45) is 2.91. The number of para-hydroxylation sites is 1. The fraction of sp³-hybridized carbons (Fsp3) is 0.323. The van der Waals surface area contributed by atoms with E-state index < -0.39 is 10.0 Å². The minimum absolute atomic E-state index is 0.0150. The lowest BCUT2D eigenvalue weighted by Crippen LogP contribution is -2.16. The van der Waals surface area contributed by atoms with Crippen molar-refractivity contribution >= 4 is 62.3 Å². The molecule has 4 rings (SSSR count). The van der Waals surface area contributed by atoms with Crippen molar-refractivity contribution in [3.63, 3.8) is 0 Å². The predicted molar refractivity (Wildman–Crippen MR) is 178 cm³/mol. The molecule has 2 N–H and O–H groups in total. The molecule has 1 atom stereocenters. The van der Waals surface area contributed by atoms with Crippen LogP contribution in [-0.2, 0) is 14.8 Å². The van der Waals surface area contributed by atoms with Gasteiger partial charge in [0, 0.05) is 16.6 Å². The molecule has 44 heavy (non-hydrogen) atoms. The fourth-order valence-corrected chi connectivity index (χ4v) is 6.94. The molecular formula is C31H35Cl2N5O4S2. The highest BCUT2D eigenvalue weighted by molar-refractivity contribution is 7.99. The van der Waals surface area contributed by atoms with Crippen LogP contribution in [0.3, 0.4) is 0 Å². The molecule has 1 aromatic heterocycles. The van der Waals surface area contributed by atoms with Gasteiger partial charge in [-0.1, -0.05) is 85.9 Å². The number of anilines is 2. The first kappa shape index (κ1) is 33.6. The average molecular weight is 677 g/mol. The first-order chi connectivity index (χ1) is 21.0. The van der Waals surface area contributed by atoms with Crippen LogP contribution in [0.15, 0.2) is 76.8 Å². The van der Waals surface area contributed by atoms with E-state index in [0.29, 0.717) is 43.9 Å². The van der Waals surface area contributed by atoms with Crippen LogP contribution in [0.2, 0.25) is 10.0 Å². The SMILES string of the molecule is COc1ccc(Cl)cc1NC(=O)CSc1nnc(-c2cccc(S(=O)(=O)Nc3ccccc3Cl)c2)n1[C@@H](C)CCCC(C)C. The second kappa shape index (κ2) is 15.2. The number of nitrogens with one attached hydrogen (secondary N) is 2. The monoisotopic (exact) mass is 675 g/mol. The third-order valence-corrected chi connectivity index (χ3v) is 9.67. The molecule has 0 radical (unpaired) electrons. The van der Waals surface area contributed by atoms with E-state index in [2.05, 4.69) is 41.0 Å². The van der Waals surface area contributed by atoms with Crippen molar-refractivity contribution in [2.75, 3.05) is 22.9 Å². The molecule has 1 amide bonds. The summed E-state index contributed by atoms with van der Waals surface area (Å²) < 4.78 is 36.4. The molecule has 13 heteroatoms. The molecule has 0 spiro atoms. The van der Waals surface area contributed by atoms with Crippen molar-refractivity contribution in [3.05, 3.63) is 76.8 Å². The van der Waals surface area contributed by atoms with Crippen LogP contribution in [0.25, 0.3) is 11.4 Å². The van der Waals surface area contributed by atoms with Crippen LogP contribution in [0.4, 0.5) is 11.4 Å². The normalized spacial score (nSPS) is 12.2. The number of methoxy groups -OCH3 is 1. The Labute approximate surface area is 272 Å². The smallest absolute Gasteiger partial charge is 0.261 e. The average Bonchev–Trinajstić information content (AvgIpc) is 3.41. The van der Waals surface area contributed by atoms with Gasteiger partial charge in [-0.25, -0.2) is 8.42 Å². The Morgan fingerprint density at radius 1 is 0.977 bits per heavy atom. The Morgan fingerprint density at radius 2 is 1.75 bits per heavy atom. The largest absolute Gasteiger partial charge is 0.495 e. The van der Waals surface area contributed by atoms with Gasteiger partial charge in [-0.05, 0) is 61.7 Å². The third-order valence-electron chi connectivity index (χ3n) is 6.80. The minimum atomic E-state index is -3.95. The maximum Gasteiger partial charge on any atom is 0.261 e. The van der Waals surface area contributed by atoms with Gasteiger partial charge in [0.25, 0.3) is 10.0 Å². The summed E-state index contributed by atoms with van der Waals surface area (Å²) in [6, 6.07) is 18.2. The summed E-state index contributed by atoms with van der Waals surface area (Å²) in [4.78, 5) is 13.0. The first-order valence-electron chi connectivity index (χ1n) is 14.1. The summed E-state index contributed by atoms with van der Waals surface area (Å²) in [5.41, 5.74) is 1.34. The number of sulfonamides is 1. The third kappa shape index (κ3) is 8.68. The van der Waals surface area contributed by atoms with Crippen LogP contribution >= 0.6 is 35.0 Å². The standard InChI is InChI=1S/C31H35Cl2N5O4S2/c1-20(2)9-7-10-21(3)38-30(22-11-8-12-24(17-22)44(40,41)37-26-14-6-5-13-25(26)33)35-36-31(38)43-19-29(39)34-27-18-23(32)15-16-28(27)42-4/h5-6,8,11-18,20-21,37H,7,9-10,19H2,1-4H3,(H,34,39)/t21-/m0/s1. The molecule has 0 bridgehead atoms. The Hall–Kier alpha value is -3.25. The van der Waals surface area contributed by atoms with Crippen LogP contribution < -0.4 is 14.8 Å². The van der Waals surface area contributed by atoms with Gasteiger partial charge in [0.1, 0.15) is 5.75 Å². The van der Waals surface area contributed by atoms with E-state index in [1.807, 2.05) is 4.57 Å². The predicted octanol–water partition coefficient (Wildman–Crippen LogP) is 8.18. The number of nitrogens with zero attached hydrogens (tertiary/aromatic N) is 3. The number of benzene rings is 3. The molecule has 1 heterocycles. The molecule has 234 valence electrons. The fourth-order valence-electron chi connectivity index (χ4n) is 4.56. The van der Waals surface area contributed by atoms with Crippen molar-refractivity contribution in [2.45, 2.75) is 56.1 Å². The van der Waals surface area contributed by atoms with Gasteiger partial charge in [-0.2, -0.15) is 0 Å². The van der Waals surface area contributed by atoms with Gasteiger partial charge < -0.3 is 10.1 Å². The number of aromatic nitrogens is 3. The van der Waals surface area contributed by atoms with Crippen molar-refractivity contribution in [1.29, 1.82) is 0 Å². The highest BCUT2D eigenvalue weighted by atomic mass is 35.5. The number of carbonyl (C=O) groups excluding carboxylic acids is 1. The van der Waals surface area contributed by atoms with Gasteiger partial charge in [-0.3, -0.25) is 14.1 Å². The lowest BCUT2D eigenvalue weighted by atomic mass is 10.0. The first-order valence-corrected chi connectivity index (χ1v) is 17.3. The molecule has 0 aliphatic heterocycles. The Bertz CT molecular complexity index is 1710. The van der Waals surface area contributed by atoms with E-state index in [0.717, 1.165) is 19.3 Å². The zero-order valence-electron chi connectivity index (χ0n) is 24.9. The zero-order chi connectivity index (χ0) is 31.9. The molecule has 0 aliphatic rings. The van der Waals surface area contributed by atoms with Crippen molar-refractivity contribution in [1.82, 2.24) is 14.8 Å². The Kier molecular flexibility index (Phi) is 11.6. The topological polar surface area (TPSA) is 115 Å². The summed E-state index contributed by atoms with van der Waals surface area (Å²) in [7, 11) is -2.43. The molecule has 3 aromatic carbocycles. The second-order valence-corrected chi connectivity index (χ2v) is 14.1.